The Morgan fingerprint density at radius 1 is 1.31 bits per heavy atom. The number of hydrogen-bond acceptors (Lipinski definition) is 5. The first kappa shape index (κ1) is 12.3. The summed E-state index contributed by atoms with van der Waals surface area (Å²) in [5, 5.41) is 8.96. The zero-order chi connectivity index (χ0) is 12.0. The molecule has 0 aliphatic carbocycles. The molecule has 0 saturated heterocycles. The van der Waals surface area contributed by atoms with Crippen LogP contribution in [-0.2, 0) is 16.1 Å². The van der Waals surface area contributed by atoms with Crippen LogP contribution in [-0.4, -0.2) is 31.9 Å². The summed E-state index contributed by atoms with van der Waals surface area (Å²) in [6.07, 6.45) is 0. The van der Waals surface area contributed by atoms with Gasteiger partial charge in [-0.3, -0.25) is 0 Å². The molecule has 0 fully saturated rings. The molecule has 0 radical (unpaired) electrons. The highest BCUT2D eigenvalue weighted by molar-refractivity contribution is 5.71. The normalized spacial score (nSPS) is 9.69. The molecule has 88 valence electrons. The fraction of sp³-hybridized carbons (Fsp3) is 0.364. The van der Waals surface area contributed by atoms with Gasteiger partial charge in [0.1, 0.15) is 0 Å². The summed E-state index contributed by atoms with van der Waals surface area (Å²) in [5.41, 5.74) is 0.681. The molecule has 0 atom stereocenters. The standard InChI is InChI=1S/C11H14O5/c1-14-9-4-3-8(6-12)5-10(9)16-7-11(13)15-2/h3-5,12H,6-7H2,1-2H3. The number of methoxy groups -OCH3 is 2. The van der Waals surface area contributed by atoms with Crippen LogP contribution in [0.25, 0.3) is 0 Å². The van der Waals surface area contributed by atoms with E-state index in [1.165, 1.54) is 14.2 Å². The summed E-state index contributed by atoms with van der Waals surface area (Å²) in [6, 6.07) is 4.99. The van der Waals surface area contributed by atoms with Gasteiger partial charge < -0.3 is 19.3 Å². The second-order valence-corrected chi connectivity index (χ2v) is 3.01. The Bertz CT molecular complexity index is 361. The molecule has 0 aliphatic heterocycles. The highest BCUT2D eigenvalue weighted by Gasteiger charge is 2.08. The summed E-state index contributed by atoms with van der Waals surface area (Å²) >= 11 is 0. The van der Waals surface area contributed by atoms with E-state index in [1.54, 1.807) is 18.2 Å². The van der Waals surface area contributed by atoms with E-state index in [4.69, 9.17) is 14.6 Å². The van der Waals surface area contributed by atoms with E-state index in [0.717, 1.165) is 0 Å². The zero-order valence-corrected chi connectivity index (χ0v) is 9.23. The van der Waals surface area contributed by atoms with Crippen LogP contribution >= 0.6 is 0 Å². The number of ether oxygens (including phenoxy) is 3. The minimum Gasteiger partial charge on any atom is -0.493 e. The Labute approximate surface area is 93.6 Å². The summed E-state index contributed by atoms with van der Waals surface area (Å²) in [4.78, 5) is 10.9. The van der Waals surface area contributed by atoms with Gasteiger partial charge in [-0.25, -0.2) is 4.79 Å². The molecular formula is C11H14O5. The lowest BCUT2D eigenvalue weighted by atomic mass is 10.2. The first-order valence-corrected chi connectivity index (χ1v) is 4.68. The SMILES string of the molecule is COC(=O)COc1cc(CO)ccc1OC. The number of benzene rings is 1. The first-order valence-electron chi connectivity index (χ1n) is 4.68. The quantitative estimate of drug-likeness (QED) is 0.750. The third-order valence-electron chi connectivity index (χ3n) is 1.98. The van der Waals surface area contributed by atoms with Gasteiger partial charge in [0, 0.05) is 0 Å². The van der Waals surface area contributed by atoms with Gasteiger partial charge in [-0.2, -0.15) is 0 Å². The third kappa shape index (κ3) is 3.13. The van der Waals surface area contributed by atoms with E-state index in [9.17, 15) is 4.79 Å². The summed E-state index contributed by atoms with van der Waals surface area (Å²) in [5.74, 6) is 0.428. The van der Waals surface area contributed by atoms with Crippen LogP contribution in [0.2, 0.25) is 0 Å². The van der Waals surface area contributed by atoms with Crippen LogP contribution in [0.3, 0.4) is 0 Å². The lowest BCUT2D eigenvalue weighted by Gasteiger charge is -2.10. The number of esters is 1. The van der Waals surface area contributed by atoms with Crippen LogP contribution in [0.4, 0.5) is 0 Å². The van der Waals surface area contributed by atoms with Crippen LogP contribution in [0.15, 0.2) is 18.2 Å². The van der Waals surface area contributed by atoms with Crippen molar-refractivity contribution in [2.45, 2.75) is 6.61 Å². The Balaban J connectivity index is 2.78. The second-order valence-electron chi connectivity index (χ2n) is 3.01. The minimum atomic E-state index is -0.476. The van der Waals surface area contributed by atoms with E-state index in [1.807, 2.05) is 0 Å². The van der Waals surface area contributed by atoms with Gasteiger partial charge in [0.05, 0.1) is 20.8 Å². The van der Waals surface area contributed by atoms with Crippen LogP contribution < -0.4 is 9.47 Å². The predicted octanol–water partition coefficient (Wildman–Crippen LogP) is 0.739. The van der Waals surface area contributed by atoms with Crippen molar-refractivity contribution in [2.24, 2.45) is 0 Å². The fourth-order valence-electron chi connectivity index (χ4n) is 1.13. The molecule has 1 N–H and O–H groups in total. The monoisotopic (exact) mass is 226 g/mol. The minimum absolute atomic E-state index is 0.0986. The van der Waals surface area contributed by atoms with E-state index < -0.39 is 5.97 Å². The fourth-order valence-corrected chi connectivity index (χ4v) is 1.13. The molecule has 0 aliphatic rings. The van der Waals surface area contributed by atoms with Gasteiger partial charge in [-0.1, -0.05) is 6.07 Å². The maximum Gasteiger partial charge on any atom is 0.343 e. The lowest BCUT2D eigenvalue weighted by molar-refractivity contribution is -0.142. The van der Waals surface area contributed by atoms with Crippen molar-refractivity contribution in [2.75, 3.05) is 20.8 Å². The van der Waals surface area contributed by atoms with Crippen LogP contribution in [0.5, 0.6) is 11.5 Å². The molecule has 0 unspecified atom stereocenters. The van der Waals surface area contributed by atoms with Crippen molar-refractivity contribution in [3.8, 4) is 11.5 Å². The van der Waals surface area contributed by atoms with Gasteiger partial charge in [0.25, 0.3) is 0 Å². The lowest BCUT2D eigenvalue weighted by Crippen LogP contribution is -2.13. The van der Waals surface area contributed by atoms with E-state index in [2.05, 4.69) is 4.74 Å². The smallest absolute Gasteiger partial charge is 0.343 e. The van der Waals surface area contributed by atoms with E-state index in [-0.39, 0.29) is 13.2 Å². The third-order valence-corrected chi connectivity index (χ3v) is 1.98. The van der Waals surface area contributed by atoms with Gasteiger partial charge in [-0.15, -0.1) is 0 Å². The highest BCUT2D eigenvalue weighted by Crippen LogP contribution is 2.27. The maximum absolute atomic E-state index is 10.9. The molecule has 0 spiro atoms. The number of rotatable bonds is 5. The molecule has 5 nitrogen and oxygen atoms in total. The summed E-state index contributed by atoms with van der Waals surface area (Å²) in [7, 11) is 2.78. The summed E-state index contributed by atoms with van der Waals surface area (Å²) < 4.78 is 14.7. The number of hydrogen-bond donors (Lipinski definition) is 1. The maximum atomic E-state index is 10.9. The van der Waals surface area contributed by atoms with Crippen LogP contribution in [0.1, 0.15) is 5.56 Å². The predicted molar refractivity (Wildman–Crippen MR) is 56.4 cm³/mol. The van der Waals surface area contributed by atoms with Gasteiger partial charge in [-0.05, 0) is 17.7 Å². The highest BCUT2D eigenvalue weighted by atomic mass is 16.6. The molecule has 16 heavy (non-hydrogen) atoms. The molecule has 0 saturated carbocycles. The van der Waals surface area contributed by atoms with Crippen molar-refractivity contribution < 1.29 is 24.1 Å². The van der Waals surface area contributed by atoms with E-state index >= 15 is 0 Å². The Morgan fingerprint density at radius 2 is 2.06 bits per heavy atom. The Hall–Kier alpha value is -1.75. The van der Waals surface area contributed by atoms with Gasteiger partial charge in [0.15, 0.2) is 18.1 Å². The first-order chi connectivity index (χ1) is 7.71. The molecule has 1 aromatic rings. The molecule has 5 heteroatoms. The molecule has 1 rings (SSSR count). The number of carbonyl (C=O) groups excluding carboxylic acids is 1. The molecule has 0 heterocycles. The van der Waals surface area contributed by atoms with Crippen molar-refractivity contribution >= 4 is 5.97 Å². The number of aliphatic hydroxyl groups excluding tert-OH is 1. The van der Waals surface area contributed by atoms with Crippen molar-refractivity contribution in [1.82, 2.24) is 0 Å². The van der Waals surface area contributed by atoms with Crippen molar-refractivity contribution in [3.05, 3.63) is 23.8 Å². The number of carbonyl (C=O) groups is 1. The topological polar surface area (TPSA) is 65.0 Å². The van der Waals surface area contributed by atoms with Crippen molar-refractivity contribution in [1.29, 1.82) is 0 Å². The van der Waals surface area contributed by atoms with Crippen molar-refractivity contribution in [3.63, 3.8) is 0 Å². The molecule has 0 aromatic heterocycles. The molecule has 0 amide bonds. The van der Waals surface area contributed by atoms with Gasteiger partial charge in [0.2, 0.25) is 0 Å². The molecular weight excluding hydrogens is 212 g/mol. The largest absolute Gasteiger partial charge is 0.493 e. The Morgan fingerprint density at radius 3 is 2.62 bits per heavy atom. The van der Waals surface area contributed by atoms with Crippen LogP contribution in [0, 0.1) is 0 Å². The van der Waals surface area contributed by atoms with E-state index in [0.29, 0.717) is 17.1 Å². The Kier molecular flexibility index (Phi) is 4.60. The molecule has 0 bridgehead atoms. The number of aliphatic hydroxyl groups is 1. The molecule has 1 aromatic carbocycles. The zero-order valence-electron chi connectivity index (χ0n) is 9.23. The summed E-state index contributed by atoms with van der Waals surface area (Å²) in [6.45, 7) is -0.291. The van der Waals surface area contributed by atoms with Gasteiger partial charge >= 0.3 is 5.97 Å². The average molecular weight is 226 g/mol. The average Bonchev–Trinajstić information content (AvgIpc) is 2.35. The second kappa shape index (κ2) is 5.97.